The molecular formula is C4H9NO4S2. The summed E-state index contributed by atoms with van der Waals surface area (Å²) < 4.78 is 25.9. The second kappa shape index (κ2) is 4.58. The highest BCUT2D eigenvalue weighted by atomic mass is 32.2. The lowest BCUT2D eigenvalue weighted by Gasteiger charge is -1.78. The van der Waals surface area contributed by atoms with Crippen LogP contribution in [0.2, 0.25) is 0 Å². The van der Waals surface area contributed by atoms with Crippen molar-refractivity contribution in [3.05, 3.63) is 0 Å². The molecule has 5 nitrogen and oxygen atoms in total. The van der Waals surface area contributed by atoms with Gasteiger partial charge in [-0.1, -0.05) is 0 Å². The predicted molar refractivity (Wildman–Crippen MR) is 42.9 cm³/mol. The van der Waals surface area contributed by atoms with E-state index in [1.807, 2.05) is 0 Å². The van der Waals surface area contributed by atoms with Crippen molar-refractivity contribution < 1.29 is 17.8 Å². The molecule has 2 N–H and O–H groups in total. The van der Waals surface area contributed by atoms with E-state index in [-0.39, 0.29) is 5.91 Å². The maximum Gasteiger partial charge on any atom is 0.261 e. The van der Waals surface area contributed by atoms with Gasteiger partial charge in [-0.2, -0.15) is 8.42 Å². The zero-order chi connectivity index (χ0) is 8.91. The fourth-order valence-electron chi connectivity index (χ4n) is 0.326. The van der Waals surface area contributed by atoms with Gasteiger partial charge in [-0.15, -0.1) is 11.8 Å². The summed E-state index contributed by atoms with van der Waals surface area (Å²) in [7, 11) is -3.67. The topological polar surface area (TPSA) is 83.5 Å². The third kappa shape index (κ3) is 12.8. The van der Waals surface area contributed by atoms with Gasteiger partial charge in [0.2, 0.25) is 5.91 Å². The molecule has 1 saturated heterocycles. The van der Waals surface area contributed by atoms with Gasteiger partial charge >= 0.3 is 0 Å². The monoisotopic (exact) mass is 199 g/mol. The summed E-state index contributed by atoms with van der Waals surface area (Å²) in [6.07, 6.45) is 0.715. The fourth-order valence-corrected chi connectivity index (χ4v) is 0.979. The number of carbonyl (C=O) groups excluding carboxylic acids is 1. The van der Waals surface area contributed by atoms with Crippen molar-refractivity contribution in [1.29, 1.82) is 0 Å². The van der Waals surface area contributed by atoms with Crippen LogP contribution in [0.3, 0.4) is 0 Å². The van der Waals surface area contributed by atoms with E-state index in [9.17, 15) is 13.2 Å². The third-order valence-electron chi connectivity index (χ3n) is 0.605. The van der Waals surface area contributed by atoms with Crippen molar-refractivity contribution in [2.45, 2.75) is 0 Å². The lowest BCUT2D eigenvalue weighted by Crippen LogP contribution is -2.14. The average Bonchev–Trinajstić information content (AvgIpc) is 2.12. The molecule has 66 valence electrons. The Labute approximate surface area is 69.3 Å². The summed E-state index contributed by atoms with van der Waals surface area (Å²) >= 11 is 1.62. The van der Waals surface area contributed by atoms with Gasteiger partial charge in [0.1, 0.15) is 0 Å². The highest BCUT2D eigenvalue weighted by Gasteiger charge is 2.05. The van der Waals surface area contributed by atoms with Crippen molar-refractivity contribution in [3.63, 3.8) is 0 Å². The minimum atomic E-state index is -3.67. The SMILES string of the molecule is CS(=O)(=O)O.O=C1CSCN1. The zero-order valence-corrected chi connectivity index (χ0v) is 7.54. The van der Waals surface area contributed by atoms with Gasteiger partial charge in [-0.3, -0.25) is 9.35 Å². The van der Waals surface area contributed by atoms with E-state index in [0.717, 1.165) is 5.88 Å². The molecular weight excluding hydrogens is 190 g/mol. The van der Waals surface area contributed by atoms with E-state index < -0.39 is 10.1 Å². The maximum absolute atomic E-state index is 10.1. The van der Waals surface area contributed by atoms with Gasteiger partial charge in [-0.05, 0) is 0 Å². The molecule has 1 amide bonds. The van der Waals surface area contributed by atoms with Crippen LogP contribution in [0.25, 0.3) is 0 Å². The van der Waals surface area contributed by atoms with Gasteiger partial charge in [-0.25, -0.2) is 0 Å². The molecule has 1 heterocycles. The summed E-state index contributed by atoms with van der Waals surface area (Å²) in [5, 5.41) is 2.64. The molecule has 0 aromatic heterocycles. The van der Waals surface area contributed by atoms with Crippen LogP contribution in [-0.4, -0.2) is 36.8 Å². The summed E-state index contributed by atoms with van der Waals surface area (Å²) in [4.78, 5) is 10.1. The molecule has 1 aliphatic heterocycles. The number of amides is 1. The van der Waals surface area contributed by atoms with Crippen molar-refractivity contribution in [1.82, 2.24) is 5.32 Å². The first-order valence-electron chi connectivity index (χ1n) is 2.66. The number of thioether (sulfide) groups is 1. The van der Waals surface area contributed by atoms with E-state index in [2.05, 4.69) is 5.32 Å². The molecule has 0 aromatic rings. The highest BCUT2D eigenvalue weighted by molar-refractivity contribution is 8.00. The van der Waals surface area contributed by atoms with E-state index in [1.165, 1.54) is 0 Å². The molecule has 0 spiro atoms. The van der Waals surface area contributed by atoms with Crippen LogP contribution >= 0.6 is 11.8 Å². The van der Waals surface area contributed by atoms with Crippen LogP contribution in [0.5, 0.6) is 0 Å². The molecule has 0 aliphatic carbocycles. The Bertz CT molecular complexity index is 206. The van der Waals surface area contributed by atoms with E-state index in [4.69, 9.17) is 4.55 Å². The molecule has 7 heteroatoms. The van der Waals surface area contributed by atoms with Crippen LogP contribution in [0.4, 0.5) is 0 Å². The highest BCUT2D eigenvalue weighted by Crippen LogP contribution is 2.01. The molecule has 0 saturated carbocycles. The summed E-state index contributed by atoms with van der Waals surface area (Å²) in [6, 6.07) is 0. The first-order valence-corrected chi connectivity index (χ1v) is 5.67. The lowest BCUT2D eigenvalue weighted by molar-refractivity contribution is -0.117. The molecule has 0 radical (unpaired) electrons. The first kappa shape index (κ1) is 10.7. The lowest BCUT2D eigenvalue weighted by atomic mass is 10.7. The Morgan fingerprint density at radius 2 is 2.09 bits per heavy atom. The molecule has 1 rings (SSSR count). The minimum absolute atomic E-state index is 0.167. The number of rotatable bonds is 0. The zero-order valence-electron chi connectivity index (χ0n) is 5.90. The van der Waals surface area contributed by atoms with Crippen LogP contribution in [0.15, 0.2) is 0 Å². The third-order valence-corrected chi connectivity index (χ3v) is 1.42. The normalized spacial score (nSPS) is 16.7. The molecule has 0 bridgehead atoms. The van der Waals surface area contributed by atoms with E-state index in [0.29, 0.717) is 12.0 Å². The van der Waals surface area contributed by atoms with Crippen molar-refractivity contribution in [2.75, 3.05) is 17.9 Å². The number of carbonyl (C=O) groups is 1. The van der Waals surface area contributed by atoms with Crippen molar-refractivity contribution in [3.8, 4) is 0 Å². The maximum atomic E-state index is 10.1. The standard InChI is InChI=1S/C3H5NOS.CH4O3S/c5-3-1-6-2-4-3;1-5(2,3)4/h1-2H2,(H,4,5);1H3,(H,2,3,4). The van der Waals surface area contributed by atoms with E-state index in [1.54, 1.807) is 11.8 Å². The van der Waals surface area contributed by atoms with Crippen molar-refractivity contribution >= 4 is 27.8 Å². The van der Waals surface area contributed by atoms with Gasteiger partial charge in [0.05, 0.1) is 17.9 Å². The summed E-state index contributed by atoms with van der Waals surface area (Å²) in [6.45, 7) is 0. The Morgan fingerprint density at radius 1 is 1.64 bits per heavy atom. The summed E-state index contributed by atoms with van der Waals surface area (Å²) in [5.74, 6) is 1.62. The fraction of sp³-hybridized carbons (Fsp3) is 0.750. The smallest absolute Gasteiger partial charge is 0.261 e. The van der Waals surface area contributed by atoms with Crippen LogP contribution < -0.4 is 5.32 Å². The molecule has 1 fully saturated rings. The molecule has 0 atom stereocenters. The number of hydrogen-bond acceptors (Lipinski definition) is 4. The molecule has 11 heavy (non-hydrogen) atoms. The number of nitrogens with one attached hydrogen (secondary N) is 1. The Kier molecular flexibility index (Phi) is 4.46. The second-order valence-corrected chi connectivity index (χ2v) is 4.28. The quantitative estimate of drug-likeness (QED) is 0.505. The first-order chi connectivity index (χ1) is 4.89. The number of hydrogen-bond donors (Lipinski definition) is 2. The Hall–Kier alpha value is -0.270. The Balaban J connectivity index is 0.000000187. The largest absolute Gasteiger partial charge is 0.346 e. The average molecular weight is 199 g/mol. The minimum Gasteiger partial charge on any atom is -0.346 e. The van der Waals surface area contributed by atoms with Gasteiger partial charge in [0.15, 0.2) is 0 Å². The summed E-state index contributed by atoms with van der Waals surface area (Å²) in [5.41, 5.74) is 0. The predicted octanol–water partition coefficient (Wildman–Crippen LogP) is -0.689. The van der Waals surface area contributed by atoms with Gasteiger partial charge < -0.3 is 5.32 Å². The van der Waals surface area contributed by atoms with Gasteiger partial charge in [0.25, 0.3) is 10.1 Å². The van der Waals surface area contributed by atoms with Crippen molar-refractivity contribution in [2.24, 2.45) is 0 Å². The molecule has 1 aliphatic rings. The Morgan fingerprint density at radius 3 is 2.18 bits per heavy atom. The van der Waals surface area contributed by atoms with Gasteiger partial charge in [0, 0.05) is 0 Å². The molecule has 0 unspecified atom stereocenters. The van der Waals surface area contributed by atoms with Crippen LogP contribution in [0, 0.1) is 0 Å². The molecule has 0 aromatic carbocycles. The van der Waals surface area contributed by atoms with Crippen LogP contribution in [-0.2, 0) is 14.9 Å². The van der Waals surface area contributed by atoms with E-state index >= 15 is 0 Å². The van der Waals surface area contributed by atoms with Crippen LogP contribution in [0.1, 0.15) is 0 Å². The second-order valence-electron chi connectivity index (χ2n) is 1.83.